The first-order chi connectivity index (χ1) is 10.5. The number of carbonyl (C=O) groups excluding carboxylic acids is 1. The van der Waals surface area contributed by atoms with E-state index in [0.717, 1.165) is 11.3 Å². The van der Waals surface area contributed by atoms with Gasteiger partial charge in [-0.2, -0.15) is 0 Å². The van der Waals surface area contributed by atoms with Crippen LogP contribution in [0.2, 0.25) is 5.02 Å². The standard InChI is InChI=1S/C12H11ClN4O3S2/c1-2-20-11(19)8-9(15-5-22-8)17-12(21)16-6-3-7(13)10(18)14-4-6/h3-5H,2H2,1H3,(H,14,18)(H2,16,17,21). The lowest BCUT2D eigenvalue weighted by Gasteiger charge is -2.10. The Morgan fingerprint density at radius 3 is 2.95 bits per heavy atom. The monoisotopic (exact) mass is 358 g/mol. The molecule has 0 saturated heterocycles. The van der Waals surface area contributed by atoms with Gasteiger partial charge in [-0.3, -0.25) is 0 Å². The highest BCUT2D eigenvalue weighted by atomic mass is 35.5. The molecule has 3 N–H and O–H groups in total. The zero-order valence-corrected chi connectivity index (χ0v) is 13.7. The van der Waals surface area contributed by atoms with Crippen LogP contribution in [0.25, 0.3) is 0 Å². The van der Waals surface area contributed by atoms with Crippen LogP contribution in [0.4, 0.5) is 11.5 Å². The van der Waals surface area contributed by atoms with Crippen LogP contribution in [0.5, 0.6) is 5.88 Å². The van der Waals surface area contributed by atoms with Gasteiger partial charge in [-0.1, -0.05) is 11.6 Å². The van der Waals surface area contributed by atoms with Crippen LogP contribution in [-0.2, 0) is 4.74 Å². The van der Waals surface area contributed by atoms with Crippen molar-refractivity contribution in [1.82, 2.24) is 9.97 Å². The predicted octanol–water partition coefficient (Wildman–Crippen LogP) is 2.88. The topological polar surface area (TPSA) is 96.4 Å². The summed E-state index contributed by atoms with van der Waals surface area (Å²) < 4.78 is 4.93. The van der Waals surface area contributed by atoms with E-state index in [-0.39, 0.29) is 22.6 Å². The highest BCUT2D eigenvalue weighted by Gasteiger charge is 2.16. The van der Waals surface area contributed by atoms with Crippen molar-refractivity contribution < 1.29 is 14.6 Å². The van der Waals surface area contributed by atoms with E-state index in [9.17, 15) is 9.90 Å². The summed E-state index contributed by atoms with van der Waals surface area (Å²) in [4.78, 5) is 19.8. The van der Waals surface area contributed by atoms with Crippen LogP contribution in [0.15, 0.2) is 17.8 Å². The number of esters is 1. The maximum atomic E-state index is 11.7. The molecule has 0 fully saturated rings. The fourth-order valence-corrected chi connectivity index (χ4v) is 2.46. The van der Waals surface area contributed by atoms with Gasteiger partial charge in [0.1, 0.15) is 5.02 Å². The highest BCUT2D eigenvalue weighted by molar-refractivity contribution is 7.80. The first-order valence-electron chi connectivity index (χ1n) is 6.04. The van der Waals surface area contributed by atoms with E-state index >= 15 is 0 Å². The molecule has 116 valence electrons. The van der Waals surface area contributed by atoms with Gasteiger partial charge in [-0.05, 0) is 25.2 Å². The third kappa shape index (κ3) is 4.03. The summed E-state index contributed by atoms with van der Waals surface area (Å²) in [6, 6.07) is 1.46. The first kappa shape index (κ1) is 16.4. The Labute approximate surface area is 140 Å². The van der Waals surface area contributed by atoms with Gasteiger partial charge in [-0.25, -0.2) is 14.8 Å². The van der Waals surface area contributed by atoms with Crippen LogP contribution in [-0.4, -0.2) is 32.8 Å². The van der Waals surface area contributed by atoms with Crippen molar-refractivity contribution in [2.24, 2.45) is 0 Å². The molecule has 2 aromatic rings. The Balaban J connectivity index is 2.05. The molecule has 0 unspecified atom stereocenters. The van der Waals surface area contributed by atoms with E-state index in [1.807, 2.05) is 0 Å². The number of anilines is 2. The molecule has 2 aromatic heterocycles. The fraction of sp³-hybridized carbons (Fsp3) is 0.167. The van der Waals surface area contributed by atoms with Gasteiger partial charge in [0, 0.05) is 0 Å². The molecular weight excluding hydrogens is 348 g/mol. The number of thiocarbonyl (C=S) groups is 1. The number of halogens is 1. The van der Waals surface area contributed by atoms with E-state index in [2.05, 4.69) is 20.6 Å². The summed E-state index contributed by atoms with van der Waals surface area (Å²) in [7, 11) is 0. The number of nitrogens with zero attached hydrogens (tertiary/aromatic N) is 2. The van der Waals surface area contributed by atoms with Gasteiger partial charge in [0.05, 0.1) is 24.0 Å². The molecule has 0 bridgehead atoms. The van der Waals surface area contributed by atoms with Crippen molar-refractivity contribution in [3.05, 3.63) is 27.7 Å². The zero-order chi connectivity index (χ0) is 16.1. The van der Waals surface area contributed by atoms with Crippen molar-refractivity contribution >= 4 is 57.7 Å². The molecule has 0 aliphatic carbocycles. The summed E-state index contributed by atoms with van der Waals surface area (Å²) in [5, 5.41) is 15.2. The maximum Gasteiger partial charge on any atom is 0.352 e. The molecule has 0 spiro atoms. The van der Waals surface area contributed by atoms with Gasteiger partial charge in [0.2, 0.25) is 5.88 Å². The summed E-state index contributed by atoms with van der Waals surface area (Å²) in [5.41, 5.74) is 1.99. The number of thiazole rings is 1. The molecular formula is C12H11ClN4O3S2. The van der Waals surface area contributed by atoms with Gasteiger partial charge < -0.3 is 20.5 Å². The first-order valence-corrected chi connectivity index (χ1v) is 7.71. The number of aromatic nitrogens is 2. The molecule has 22 heavy (non-hydrogen) atoms. The third-order valence-corrected chi connectivity index (χ3v) is 3.63. The van der Waals surface area contributed by atoms with Crippen LogP contribution in [0, 0.1) is 0 Å². The van der Waals surface area contributed by atoms with Crippen LogP contribution < -0.4 is 10.6 Å². The lowest BCUT2D eigenvalue weighted by molar-refractivity contribution is 0.0533. The van der Waals surface area contributed by atoms with E-state index < -0.39 is 5.97 Å². The number of hydrogen-bond donors (Lipinski definition) is 3. The minimum absolute atomic E-state index is 0.0914. The number of carbonyl (C=O) groups is 1. The molecule has 0 aromatic carbocycles. The molecule has 7 nitrogen and oxygen atoms in total. The fourth-order valence-electron chi connectivity index (χ4n) is 1.45. The Morgan fingerprint density at radius 1 is 1.50 bits per heavy atom. The van der Waals surface area contributed by atoms with Crippen molar-refractivity contribution in [3.63, 3.8) is 0 Å². The molecule has 10 heteroatoms. The summed E-state index contributed by atoms with van der Waals surface area (Å²) in [6.07, 6.45) is 1.36. The van der Waals surface area contributed by atoms with Gasteiger partial charge in [0.25, 0.3) is 0 Å². The smallest absolute Gasteiger partial charge is 0.352 e. The minimum Gasteiger partial charge on any atom is -0.492 e. The van der Waals surface area contributed by atoms with E-state index in [4.69, 9.17) is 28.6 Å². The van der Waals surface area contributed by atoms with Crippen LogP contribution >= 0.6 is 35.2 Å². The Bertz CT molecular complexity index is 707. The molecule has 0 saturated carbocycles. The summed E-state index contributed by atoms with van der Waals surface area (Å²) in [6.45, 7) is 2.00. The highest BCUT2D eigenvalue weighted by Crippen LogP contribution is 2.24. The molecule has 0 atom stereocenters. The Morgan fingerprint density at radius 2 is 2.27 bits per heavy atom. The Hall–Kier alpha value is -1.97. The largest absolute Gasteiger partial charge is 0.492 e. The third-order valence-electron chi connectivity index (χ3n) is 2.34. The summed E-state index contributed by atoms with van der Waals surface area (Å²) in [5.74, 6) is -0.432. The van der Waals surface area contributed by atoms with Gasteiger partial charge >= 0.3 is 5.97 Å². The molecule has 0 aliphatic rings. The van der Waals surface area contributed by atoms with E-state index in [0.29, 0.717) is 16.4 Å². The van der Waals surface area contributed by atoms with Crippen molar-refractivity contribution in [2.45, 2.75) is 6.92 Å². The lowest BCUT2D eigenvalue weighted by atomic mass is 10.4. The molecule has 0 aliphatic heterocycles. The van der Waals surface area contributed by atoms with Crippen molar-refractivity contribution in [2.75, 3.05) is 17.2 Å². The van der Waals surface area contributed by atoms with Crippen LogP contribution in [0.3, 0.4) is 0 Å². The second kappa shape index (κ2) is 7.34. The zero-order valence-electron chi connectivity index (χ0n) is 11.3. The minimum atomic E-state index is -0.468. The summed E-state index contributed by atoms with van der Waals surface area (Å²) >= 11 is 12.0. The van der Waals surface area contributed by atoms with E-state index in [1.165, 1.54) is 17.8 Å². The van der Waals surface area contributed by atoms with E-state index in [1.54, 1.807) is 6.92 Å². The number of nitrogens with one attached hydrogen (secondary N) is 2. The molecule has 2 heterocycles. The SMILES string of the molecule is CCOC(=O)c1scnc1NC(=S)Nc1cnc(O)c(Cl)c1. The second-order valence-corrected chi connectivity index (χ2v) is 5.53. The number of pyridine rings is 1. The number of rotatable bonds is 4. The van der Waals surface area contributed by atoms with Gasteiger partial charge in [-0.15, -0.1) is 11.3 Å². The lowest BCUT2D eigenvalue weighted by Crippen LogP contribution is -2.21. The average molecular weight is 359 g/mol. The number of aromatic hydroxyl groups is 1. The molecule has 2 rings (SSSR count). The van der Waals surface area contributed by atoms with Crippen LogP contribution in [0.1, 0.15) is 16.6 Å². The van der Waals surface area contributed by atoms with Gasteiger partial charge in [0.15, 0.2) is 15.8 Å². The van der Waals surface area contributed by atoms with Crippen molar-refractivity contribution in [1.29, 1.82) is 0 Å². The maximum absolute atomic E-state index is 11.7. The predicted molar refractivity (Wildman–Crippen MR) is 88.8 cm³/mol. The average Bonchev–Trinajstić information content (AvgIpc) is 2.91. The van der Waals surface area contributed by atoms with Crippen molar-refractivity contribution in [3.8, 4) is 5.88 Å². The number of hydrogen-bond acceptors (Lipinski definition) is 7. The Kier molecular flexibility index (Phi) is 5.47. The molecule has 0 radical (unpaired) electrons. The molecule has 0 amide bonds. The second-order valence-electron chi connectivity index (χ2n) is 3.86. The quantitative estimate of drug-likeness (QED) is 0.567. The number of ether oxygens (including phenoxy) is 1. The normalized spacial score (nSPS) is 10.1.